The number of furan rings is 1. The topological polar surface area (TPSA) is 99.8 Å². The number of hydrogen-bond donors (Lipinski definition) is 3. The van der Waals surface area contributed by atoms with E-state index in [-0.39, 0.29) is 30.2 Å². The number of aliphatic carboxylic acids is 1. The number of amides is 1. The fourth-order valence-corrected chi connectivity index (χ4v) is 1.70. The Bertz CT molecular complexity index is 465. The summed E-state index contributed by atoms with van der Waals surface area (Å²) in [6.45, 7) is -0.0475. The molecule has 112 valence electrons. The summed E-state index contributed by atoms with van der Waals surface area (Å²) in [6, 6.07) is 2.75. The Balaban J connectivity index is 2.38. The number of alkyl halides is 2. The summed E-state index contributed by atoms with van der Waals surface area (Å²) in [4.78, 5) is 21.9. The molecule has 0 saturated carbocycles. The van der Waals surface area contributed by atoms with E-state index in [1.165, 1.54) is 12.1 Å². The first-order chi connectivity index (χ1) is 9.40. The van der Waals surface area contributed by atoms with Crippen LogP contribution in [-0.4, -0.2) is 40.5 Å². The number of carbonyl (C=O) groups is 2. The lowest BCUT2D eigenvalue weighted by atomic mass is 10.2. The molecule has 0 aliphatic carbocycles. The number of carbonyl (C=O) groups excluding carboxylic acids is 1. The Morgan fingerprint density at radius 3 is 2.70 bits per heavy atom. The van der Waals surface area contributed by atoms with E-state index in [2.05, 4.69) is 5.32 Å². The van der Waals surface area contributed by atoms with Gasteiger partial charge in [0.2, 0.25) is 0 Å². The van der Waals surface area contributed by atoms with Gasteiger partial charge in [0.1, 0.15) is 5.76 Å². The third-order valence-corrected chi connectivity index (χ3v) is 2.93. The van der Waals surface area contributed by atoms with E-state index in [1.54, 1.807) is 0 Å². The van der Waals surface area contributed by atoms with Crippen LogP contribution in [0.15, 0.2) is 16.5 Å². The zero-order valence-corrected chi connectivity index (χ0v) is 11.0. The fourth-order valence-electron chi connectivity index (χ4n) is 1.26. The summed E-state index contributed by atoms with van der Waals surface area (Å²) in [7, 11) is 0. The van der Waals surface area contributed by atoms with E-state index in [1.807, 2.05) is 0 Å². The molecule has 1 aromatic rings. The zero-order valence-electron chi connectivity index (χ0n) is 10.2. The summed E-state index contributed by atoms with van der Waals surface area (Å²) in [5.41, 5.74) is 0. The van der Waals surface area contributed by atoms with Crippen molar-refractivity contribution in [3.8, 4) is 0 Å². The first kappa shape index (κ1) is 16.4. The highest BCUT2D eigenvalue weighted by molar-refractivity contribution is 7.98. The molecule has 0 aromatic carbocycles. The maximum atomic E-state index is 12.0. The summed E-state index contributed by atoms with van der Waals surface area (Å²) < 4.78 is 29.0. The van der Waals surface area contributed by atoms with Gasteiger partial charge in [-0.05, 0) is 12.1 Å². The van der Waals surface area contributed by atoms with Crippen LogP contribution in [0.4, 0.5) is 8.78 Å². The van der Waals surface area contributed by atoms with Crippen LogP contribution in [0.1, 0.15) is 22.7 Å². The largest absolute Gasteiger partial charge is 0.479 e. The number of carboxylic acids is 1. The minimum Gasteiger partial charge on any atom is -0.479 e. The quantitative estimate of drug-likeness (QED) is 0.669. The fraction of sp³-hybridized carbons (Fsp3) is 0.455. The molecule has 1 aromatic heterocycles. The maximum absolute atomic E-state index is 12.0. The van der Waals surface area contributed by atoms with Crippen molar-refractivity contribution in [1.29, 1.82) is 0 Å². The van der Waals surface area contributed by atoms with E-state index in [0.29, 0.717) is 11.8 Å². The van der Waals surface area contributed by atoms with Crippen LogP contribution in [0.25, 0.3) is 0 Å². The van der Waals surface area contributed by atoms with Crippen molar-refractivity contribution in [2.24, 2.45) is 0 Å². The second kappa shape index (κ2) is 7.85. The lowest BCUT2D eigenvalue weighted by Gasteiger charge is -2.05. The minimum absolute atomic E-state index is 0.0475. The number of carboxylic acid groups (broad SMARTS) is 1. The van der Waals surface area contributed by atoms with Gasteiger partial charge in [-0.3, -0.25) is 4.79 Å². The number of halogens is 2. The molecule has 0 radical (unpaired) electrons. The minimum atomic E-state index is -2.52. The Labute approximate surface area is 117 Å². The van der Waals surface area contributed by atoms with Crippen molar-refractivity contribution in [3.05, 3.63) is 23.7 Å². The van der Waals surface area contributed by atoms with Crippen molar-refractivity contribution >= 4 is 23.6 Å². The molecule has 0 bridgehead atoms. The predicted octanol–water partition coefficient (Wildman–Crippen LogP) is 1.30. The highest BCUT2D eigenvalue weighted by Crippen LogP contribution is 2.21. The average Bonchev–Trinajstić information content (AvgIpc) is 2.84. The van der Waals surface area contributed by atoms with Crippen LogP contribution in [0.3, 0.4) is 0 Å². The summed E-state index contributed by atoms with van der Waals surface area (Å²) in [6.07, 6.45) is -1.69. The van der Waals surface area contributed by atoms with Gasteiger partial charge < -0.3 is 19.9 Å². The van der Waals surface area contributed by atoms with E-state index < -0.39 is 23.7 Å². The second-order valence-electron chi connectivity index (χ2n) is 3.74. The molecule has 0 saturated heterocycles. The van der Waals surface area contributed by atoms with Gasteiger partial charge in [0, 0.05) is 13.0 Å². The molecule has 3 N–H and O–H groups in total. The predicted molar refractivity (Wildman–Crippen MR) is 66.6 cm³/mol. The number of thioether (sulfide) groups is 1. The van der Waals surface area contributed by atoms with Crippen LogP contribution in [0.2, 0.25) is 0 Å². The molecule has 1 amide bonds. The molecule has 0 fully saturated rings. The standard InChI is InChI=1S/C11H13F2NO5S/c12-11(13)20-5-6-1-2-8(19-6)9(16)14-4-3-7(15)10(17)18/h1-2,7,11,15H,3-5H2,(H,14,16)(H,17,18). The van der Waals surface area contributed by atoms with Crippen molar-refractivity contribution in [2.45, 2.75) is 24.0 Å². The first-order valence-electron chi connectivity index (χ1n) is 5.57. The highest BCUT2D eigenvalue weighted by Gasteiger charge is 2.15. The summed E-state index contributed by atoms with van der Waals surface area (Å²) in [5.74, 6) is -4.36. The van der Waals surface area contributed by atoms with Crippen molar-refractivity contribution in [3.63, 3.8) is 0 Å². The molecule has 0 aliphatic heterocycles. The monoisotopic (exact) mass is 309 g/mol. The van der Waals surface area contributed by atoms with Gasteiger partial charge in [-0.2, -0.15) is 8.78 Å². The Kier molecular flexibility index (Phi) is 6.46. The first-order valence-corrected chi connectivity index (χ1v) is 6.62. The number of nitrogens with one attached hydrogen (secondary N) is 1. The van der Waals surface area contributed by atoms with E-state index in [4.69, 9.17) is 14.6 Å². The van der Waals surface area contributed by atoms with E-state index >= 15 is 0 Å². The SMILES string of the molecule is O=C(NCCC(O)C(=O)O)c1ccc(CSC(F)F)o1. The van der Waals surface area contributed by atoms with E-state index in [9.17, 15) is 18.4 Å². The maximum Gasteiger partial charge on any atom is 0.332 e. The summed E-state index contributed by atoms with van der Waals surface area (Å²) in [5, 5.41) is 19.8. The molecule has 9 heteroatoms. The normalized spacial score (nSPS) is 12.4. The second-order valence-corrected chi connectivity index (χ2v) is 4.71. The average molecular weight is 309 g/mol. The molecular formula is C11H13F2NO5S. The van der Waals surface area contributed by atoms with Crippen LogP contribution in [0, 0.1) is 0 Å². The number of hydrogen-bond acceptors (Lipinski definition) is 5. The van der Waals surface area contributed by atoms with Crippen LogP contribution >= 0.6 is 11.8 Å². The number of aliphatic hydroxyl groups is 1. The molecule has 1 rings (SSSR count). The zero-order chi connectivity index (χ0) is 15.1. The molecule has 6 nitrogen and oxygen atoms in total. The molecule has 1 unspecified atom stereocenters. The van der Waals surface area contributed by atoms with Crippen LogP contribution in [-0.2, 0) is 10.5 Å². The summed E-state index contributed by atoms with van der Waals surface area (Å²) >= 11 is 0.377. The van der Waals surface area contributed by atoms with Crippen molar-refractivity contribution < 1.29 is 33.0 Å². The molecule has 1 atom stereocenters. The Morgan fingerprint density at radius 1 is 1.40 bits per heavy atom. The van der Waals surface area contributed by atoms with Crippen LogP contribution < -0.4 is 5.32 Å². The smallest absolute Gasteiger partial charge is 0.332 e. The number of rotatable bonds is 8. The van der Waals surface area contributed by atoms with E-state index in [0.717, 1.165) is 0 Å². The van der Waals surface area contributed by atoms with Gasteiger partial charge in [-0.1, -0.05) is 11.8 Å². The van der Waals surface area contributed by atoms with Gasteiger partial charge >= 0.3 is 5.97 Å². The van der Waals surface area contributed by atoms with Gasteiger partial charge in [0.25, 0.3) is 11.7 Å². The Hall–Kier alpha value is -1.61. The number of aliphatic hydroxyl groups excluding tert-OH is 1. The third-order valence-electron chi connectivity index (χ3n) is 2.23. The highest BCUT2D eigenvalue weighted by atomic mass is 32.2. The van der Waals surface area contributed by atoms with Crippen molar-refractivity contribution in [2.75, 3.05) is 6.54 Å². The lowest BCUT2D eigenvalue weighted by Crippen LogP contribution is -2.29. The van der Waals surface area contributed by atoms with Gasteiger partial charge in [-0.15, -0.1) is 0 Å². The Morgan fingerprint density at radius 2 is 2.10 bits per heavy atom. The van der Waals surface area contributed by atoms with Gasteiger partial charge in [-0.25, -0.2) is 4.79 Å². The lowest BCUT2D eigenvalue weighted by molar-refractivity contribution is -0.146. The molecule has 0 aliphatic rings. The van der Waals surface area contributed by atoms with Crippen LogP contribution in [0.5, 0.6) is 0 Å². The van der Waals surface area contributed by atoms with Gasteiger partial charge in [0.05, 0.1) is 5.75 Å². The molecule has 1 heterocycles. The molecule has 20 heavy (non-hydrogen) atoms. The van der Waals surface area contributed by atoms with Crippen molar-refractivity contribution in [1.82, 2.24) is 5.32 Å². The molecular weight excluding hydrogens is 296 g/mol. The third kappa shape index (κ3) is 5.57. The van der Waals surface area contributed by atoms with Gasteiger partial charge in [0.15, 0.2) is 11.9 Å². The molecule has 0 spiro atoms.